The van der Waals surface area contributed by atoms with Crippen molar-refractivity contribution in [3.05, 3.63) is 64.6 Å². The van der Waals surface area contributed by atoms with E-state index in [1.165, 1.54) is 17.6 Å². The summed E-state index contributed by atoms with van der Waals surface area (Å²) in [6.07, 6.45) is 3.37. The third-order valence-electron chi connectivity index (χ3n) is 4.36. The van der Waals surface area contributed by atoms with Crippen LogP contribution in [0.15, 0.2) is 52.7 Å². The second-order valence-corrected chi connectivity index (χ2v) is 7.20. The van der Waals surface area contributed by atoms with Crippen molar-refractivity contribution in [1.82, 2.24) is 19.4 Å². The lowest BCUT2D eigenvalue weighted by Crippen LogP contribution is -2.30. The summed E-state index contributed by atoms with van der Waals surface area (Å²) >= 11 is 7.38. The first-order valence-electron chi connectivity index (χ1n) is 7.94. The van der Waals surface area contributed by atoms with E-state index in [9.17, 15) is 4.79 Å². The molecule has 0 saturated heterocycles. The van der Waals surface area contributed by atoms with Gasteiger partial charge in [0.1, 0.15) is 17.7 Å². The van der Waals surface area contributed by atoms with Gasteiger partial charge in [-0.25, -0.2) is 4.98 Å². The molecular weight excluding hydrogens is 372 g/mol. The molecule has 6 nitrogen and oxygen atoms in total. The topological polar surface area (TPSA) is 63.6 Å². The molecule has 0 aliphatic heterocycles. The molecule has 1 amide bonds. The number of halogens is 1. The van der Waals surface area contributed by atoms with Crippen LogP contribution in [0.25, 0.3) is 16.2 Å². The molecule has 8 heteroatoms. The van der Waals surface area contributed by atoms with Crippen molar-refractivity contribution >= 4 is 33.8 Å². The zero-order chi connectivity index (χ0) is 18.3. The van der Waals surface area contributed by atoms with Crippen LogP contribution in [0, 0.1) is 0 Å². The number of carbonyl (C=O) groups is 1. The molecule has 0 bridgehead atoms. The largest absolute Gasteiger partial charge is 0.364 e. The van der Waals surface area contributed by atoms with Gasteiger partial charge in [-0.2, -0.15) is 0 Å². The third-order valence-corrected chi connectivity index (χ3v) is 5.45. The molecule has 26 heavy (non-hydrogen) atoms. The van der Waals surface area contributed by atoms with Gasteiger partial charge in [0.25, 0.3) is 5.91 Å². The van der Waals surface area contributed by atoms with Crippen molar-refractivity contribution < 1.29 is 9.32 Å². The molecule has 0 radical (unpaired) electrons. The Bertz CT molecular complexity index is 1050. The van der Waals surface area contributed by atoms with E-state index in [0.717, 1.165) is 16.2 Å². The summed E-state index contributed by atoms with van der Waals surface area (Å²) in [6, 6.07) is 9.03. The summed E-state index contributed by atoms with van der Waals surface area (Å²) in [5.74, 6) is -0.105. The highest BCUT2D eigenvalue weighted by Crippen LogP contribution is 2.26. The lowest BCUT2D eigenvalue weighted by atomic mass is 10.2. The van der Waals surface area contributed by atoms with Crippen molar-refractivity contribution in [1.29, 1.82) is 0 Å². The fourth-order valence-electron chi connectivity index (χ4n) is 2.69. The molecule has 0 fully saturated rings. The highest BCUT2D eigenvalue weighted by molar-refractivity contribution is 7.15. The number of amides is 1. The lowest BCUT2D eigenvalue weighted by molar-refractivity contribution is 0.0731. The Balaban J connectivity index is 1.66. The van der Waals surface area contributed by atoms with Gasteiger partial charge in [0.05, 0.1) is 11.7 Å². The van der Waals surface area contributed by atoms with Gasteiger partial charge < -0.3 is 9.42 Å². The van der Waals surface area contributed by atoms with Crippen LogP contribution in [0.1, 0.15) is 29.1 Å². The van der Waals surface area contributed by atoms with Crippen molar-refractivity contribution in [2.24, 2.45) is 0 Å². The molecule has 0 N–H and O–H groups in total. The summed E-state index contributed by atoms with van der Waals surface area (Å²) in [6.45, 7) is 1.91. The highest BCUT2D eigenvalue weighted by atomic mass is 35.5. The van der Waals surface area contributed by atoms with Gasteiger partial charge in [0, 0.05) is 35.3 Å². The first kappa shape index (κ1) is 16.8. The molecule has 3 aromatic heterocycles. The number of hydrogen-bond acceptors (Lipinski definition) is 5. The Labute approximate surface area is 158 Å². The molecule has 3 heterocycles. The average Bonchev–Trinajstić information content (AvgIpc) is 3.37. The second kappa shape index (κ2) is 6.59. The molecule has 1 atom stereocenters. The number of fused-ring (bicyclic) bond motifs is 1. The monoisotopic (exact) mass is 386 g/mol. The van der Waals surface area contributed by atoms with Crippen LogP contribution in [0.4, 0.5) is 0 Å². The predicted molar refractivity (Wildman–Crippen MR) is 101 cm³/mol. The van der Waals surface area contributed by atoms with Gasteiger partial charge in [0.2, 0.25) is 0 Å². The minimum atomic E-state index is -0.199. The molecule has 1 aromatic carbocycles. The second-order valence-electron chi connectivity index (χ2n) is 5.92. The van der Waals surface area contributed by atoms with Crippen LogP contribution < -0.4 is 0 Å². The summed E-state index contributed by atoms with van der Waals surface area (Å²) < 4.78 is 6.70. The minimum absolute atomic E-state index is 0.105. The normalized spacial score (nSPS) is 12.4. The minimum Gasteiger partial charge on any atom is -0.364 e. The molecule has 4 aromatic rings. The quantitative estimate of drug-likeness (QED) is 0.516. The van der Waals surface area contributed by atoms with Crippen LogP contribution in [-0.4, -0.2) is 32.4 Å². The van der Waals surface area contributed by atoms with E-state index in [1.807, 2.05) is 47.2 Å². The summed E-state index contributed by atoms with van der Waals surface area (Å²) in [4.78, 5) is 20.0. The molecule has 0 aliphatic rings. The number of benzene rings is 1. The van der Waals surface area contributed by atoms with Crippen LogP contribution in [0.2, 0.25) is 5.02 Å². The number of hydrogen-bond donors (Lipinski definition) is 0. The number of carbonyl (C=O) groups excluding carboxylic acids is 1. The fraction of sp³-hybridized carbons (Fsp3) is 0.167. The summed E-state index contributed by atoms with van der Waals surface area (Å²) in [5.41, 5.74) is 3.03. The van der Waals surface area contributed by atoms with Gasteiger partial charge in [-0.3, -0.25) is 9.20 Å². The number of thiazole rings is 1. The average molecular weight is 387 g/mol. The lowest BCUT2D eigenvalue weighted by Gasteiger charge is -2.22. The van der Waals surface area contributed by atoms with Crippen LogP contribution in [-0.2, 0) is 0 Å². The smallest absolute Gasteiger partial charge is 0.272 e. The molecule has 132 valence electrons. The Morgan fingerprint density at radius 3 is 2.77 bits per heavy atom. The summed E-state index contributed by atoms with van der Waals surface area (Å²) in [5, 5.41) is 6.41. The van der Waals surface area contributed by atoms with E-state index >= 15 is 0 Å². The van der Waals surface area contributed by atoms with E-state index in [0.29, 0.717) is 16.4 Å². The Morgan fingerprint density at radius 2 is 2.08 bits per heavy atom. The third kappa shape index (κ3) is 2.89. The van der Waals surface area contributed by atoms with E-state index in [1.54, 1.807) is 18.0 Å². The molecule has 0 spiro atoms. The van der Waals surface area contributed by atoms with E-state index in [4.69, 9.17) is 16.1 Å². The SMILES string of the molecule is CC(c1ccon1)N(C)C(=O)c1csc2nc(-c3ccc(Cl)cc3)cn12. The standard InChI is InChI=1S/C18H15ClN4O2S/c1-11(14-7-8-25-21-14)22(2)17(24)16-10-26-18-20-15(9-23(16)18)12-3-5-13(19)6-4-12/h3-11H,1-2H3. The van der Waals surface area contributed by atoms with Crippen LogP contribution >= 0.6 is 22.9 Å². The van der Waals surface area contributed by atoms with E-state index < -0.39 is 0 Å². The van der Waals surface area contributed by atoms with Crippen molar-refractivity contribution in [3.8, 4) is 11.3 Å². The maximum Gasteiger partial charge on any atom is 0.272 e. The van der Waals surface area contributed by atoms with Crippen LogP contribution in [0.3, 0.4) is 0 Å². The molecule has 4 rings (SSSR count). The molecular formula is C18H15ClN4O2S. The van der Waals surface area contributed by atoms with E-state index in [-0.39, 0.29) is 11.9 Å². The maximum absolute atomic E-state index is 13.0. The Hall–Kier alpha value is -2.64. The van der Waals surface area contributed by atoms with Gasteiger partial charge in [0.15, 0.2) is 4.96 Å². The highest BCUT2D eigenvalue weighted by Gasteiger charge is 2.24. The molecule has 0 saturated carbocycles. The van der Waals surface area contributed by atoms with Crippen molar-refractivity contribution in [3.63, 3.8) is 0 Å². The zero-order valence-corrected chi connectivity index (χ0v) is 15.7. The number of nitrogens with zero attached hydrogens (tertiary/aromatic N) is 4. The van der Waals surface area contributed by atoms with Crippen molar-refractivity contribution in [2.75, 3.05) is 7.05 Å². The number of rotatable bonds is 4. The Morgan fingerprint density at radius 1 is 1.31 bits per heavy atom. The van der Waals surface area contributed by atoms with Gasteiger partial charge in [-0.05, 0) is 19.1 Å². The fourth-order valence-corrected chi connectivity index (χ4v) is 3.66. The molecule has 1 unspecified atom stereocenters. The van der Waals surface area contributed by atoms with Crippen molar-refractivity contribution in [2.45, 2.75) is 13.0 Å². The number of aromatic nitrogens is 3. The predicted octanol–water partition coefficient (Wildman–Crippen LogP) is 4.54. The molecule has 0 aliphatic carbocycles. The summed E-state index contributed by atoms with van der Waals surface area (Å²) in [7, 11) is 1.75. The first-order chi connectivity index (χ1) is 12.5. The maximum atomic E-state index is 13.0. The first-order valence-corrected chi connectivity index (χ1v) is 9.20. The zero-order valence-electron chi connectivity index (χ0n) is 14.1. The van der Waals surface area contributed by atoms with E-state index in [2.05, 4.69) is 10.1 Å². The number of imidazole rings is 1. The van der Waals surface area contributed by atoms with Gasteiger partial charge >= 0.3 is 0 Å². The Kier molecular flexibility index (Phi) is 4.26. The van der Waals surface area contributed by atoms with Crippen LogP contribution in [0.5, 0.6) is 0 Å². The van der Waals surface area contributed by atoms with Gasteiger partial charge in [-0.15, -0.1) is 11.3 Å². The van der Waals surface area contributed by atoms with Gasteiger partial charge in [-0.1, -0.05) is 28.9 Å².